The van der Waals surface area contributed by atoms with Crippen molar-refractivity contribution >= 4 is 79.2 Å². The molecule has 284 valence electrons. The van der Waals surface area contributed by atoms with Crippen molar-refractivity contribution in [1.82, 2.24) is 4.57 Å². The number of rotatable bonds is 6. The van der Waals surface area contributed by atoms with Crippen LogP contribution in [0.3, 0.4) is 0 Å². The van der Waals surface area contributed by atoms with Crippen LogP contribution in [0.4, 0.5) is 22.7 Å². The topological polar surface area (TPSA) is 41.6 Å². The number of hydrogen-bond donors (Lipinski definition) is 0. The largest absolute Gasteiger partial charge is 0.456 e. The molecule has 0 bridgehead atoms. The maximum absolute atomic E-state index is 16.7. The number of nitrogens with zero attached hydrogens (tertiary/aromatic N) is 3. The Balaban J connectivity index is 1.03. The Labute approximate surface area is 347 Å². The molecule has 0 spiro atoms. The van der Waals surface area contributed by atoms with E-state index in [1.54, 1.807) is 0 Å². The fraction of sp³-hybridized carbons (Fsp3) is 0. The Kier molecular flexibility index (Phi) is 7.75. The number of benzene rings is 9. The highest BCUT2D eigenvalue weighted by molar-refractivity contribution is 7.76. The lowest BCUT2D eigenvalue weighted by molar-refractivity contribution is 0.582. The first-order valence-corrected chi connectivity index (χ1v) is 21.8. The first-order chi connectivity index (χ1) is 29.6. The molecule has 3 heterocycles. The quantitative estimate of drug-likeness (QED) is 0.157. The van der Waals surface area contributed by atoms with Gasteiger partial charge in [-0.15, -0.1) is 0 Å². The number of aromatic nitrogens is 1. The molecule has 0 saturated heterocycles. The first kappa shape index (κ1) is 34.5. The van der Waals surface area contributed by atoms with Gasteiger partial charge < -0.3 is 8.98 Å². The minimum atomic E-state index is -3.63. The maximum Gasteiger partial charge on any atom is 0.301 e. The first-order valence-electron chi connectivity index (χ1n) is 20.2. The molecule has 0 aliphatic carbocycles. The number of anilines is 4. The average Bonchev–Trinajstić information content (AvgIpc) is 3.94. The predicted octanol–water partition coefficient (Wildman–Crippen LogP) is 14.8. The molecule has 9 aromatic carbocycles. The van der Waals surface area contributed by atoms with E-state index < -0.39 is 7.44 Å². The number of fused-ring (bicyclic) bond motifs is 7. The molecule has 0 amide bonds. The van der Waals surface area contributed by atoms with E-state index in [1.165, 1.54) is 21.9 Å². The van der Waals surface area contributed by atoms with Crippen LogP contribution in [0.5, 0.6) is 0 Å². The van der Waals surface area contributed by atoms with E-state index in [2.05, 4.69) is 166 Å². The van der Waals surface area contributed by atoms with Gasteiger partial charge in [0.2, 0.25) is 0 Å². The van der Waals surface area contributed by atoms with Gasteiger partial charge in [0.15, 0.2) is 0 Å². The Morgan fingerprint density at radius 3 is 1.63 bits per heavy atom. The molecular formula is C54H36N3O2P. The van der Waals surface area contributed by atoms with E-state index in [4.69, 9.17) is 4.42 Å². The van der Waals surface area contributed by atoms with Crippen molar-refractivity contribution < 1.29 is 8.98 Å². The molecule has 2 aromatic heterocycles. The summed E-state index contributed by atoms with van der Waals surface area (Å²) < 4.78 is 29.3. The van der Waals surface area contributed by atoms with Crippen LogP contribution in [-0.4, -0.2) is 4.57 Å². The van der Waals surface area contributed by atoms with Gasteiger partial charge in [-0.1, -0.05) is 121 Å². The van der Waals surface area contributed by atoms with Crippen LogP contribution in [-0.2, 0) is 4.57 Å². The molecule has 1 aliphatic rings. The third kappa shape index (κ3) is 5.23. The third-order valence-corrected chi connectivity index (χ3v) is 14.9. The van der Waals surface area contributed by atoms with Crippen LogP contribution in [0, 0.1) is 0 Å². The van der Waals surface area contributed by atoms with Gasteiger partial charge in [0, 0.05) is 38.6 Å². The normalized spacial score (nSPS) is 15.1. The molecule has 0 N–H and O–H groups in total. The number of furan rings is 1. The molecule has 60 heavy (non-hydrogen) atoms. The summed E-state index contributed by atoms with van der Waals surface area (Å²) >= 11 is 0. The van der Waals surface area contributed by atoms with Crippen LogP contribution in [0.15, 0.2) is 223 Å². The molecule has 1 unspecified atom stereocenters. The Hall–Kier alpha value is -7.59. The molecule has 0 fully saturated rings. The van der Waals surface area contributed by atoms with Gasteiger partial charge in [-0.2, -0.15) is 0 Å². The summed E-state index contributed by atoms with van der Waals surface area (Å²) in [6.07, 6.45) is 0. The van der Waals surface area contributed by atoms with Crippen LogP contribution in [0.25, 0.3) is 71.7 Å². The Bertz CT molecular complexity index is 3470. The van der Waals surface area contributed by atoms with Gasteiger partial charge in [0.05, 0.1) is 27.7 Å². The molecule has 1 aliphatic heterocycles. The smallest absolute Gasteiger partial charge is 0.301 e. The maximum atomic E-state index is 16.7. The summed E-state index contributed by atoms with van der Waals surface area (Å²) in [6, 6.07) is 75.4. The molecular weight excluding hydrogens is 754 g/mol. The van der Waals surface area contributed by atoms with Crippen molar-refractivity contribution in [3.05, 3.63) is 218 Å². The Morgan fingerprint density at radius 1 is 0.350 bits per heavy atom. The molecule has 12 rings (SSSR count). The van der Waals surface area contributed by atoms with Gasteiger partial charge in [-0.3, -0.25) is 13.9 Å². The zero-order valence-corrected chi connectivity index (χ0v) is 33.3. The summed E-state index contributed by atoms with van der Waals surface area (Å²) in [6.45, 7) is 0. The fourth-order valence-electron chi connectivity index (χ4n) is 9.16. The predicted molar refractivity (Wildman–Crippen MR) is 250 cm³/mol. The van der Waals surface area contributed by atoms with Gasteiger partial charge >= 0.3 is 7.44 Å². The van der Waals surface area contributed by atoms with E-state index in [-0.39, 0.29) is 0 Å². The lowest BCUT2D eigenvalue weighted by atomic mass is 10.0. The van der Waals surface area contributed by atoms with Crippen LogP contribution >= 0.6 is 7.44 Å². The molecule has 6 heteroatoms. The van der Waals surface area contributed by atoms with E-state index >= 15 is 4.57 Å². The molecule has 0 radical (unpaired) electrons. The second-order valence-corrected chi connectivity index (χ2v) is 17.7. The monoisotopic (exact) mass is 789 g/mol. The van der Waals surface area contributed by atoms with Crippen molar-refractivity contribution in [1.29, 1.82) is 0 Å². The SMILES string of the molecule is O=P1(c2ccc(-n3c4ccccc4c4cc(-c5ccccc5)ccc43)cc2)N(c2ccccc2)c2ccc(-c3ccc4oc5ccccc5c4c3)cc2N1c1ccccc1. The third-order valence-electron chi connectivity index (χ3n) is 11.9. The van der Waals surface area contributed by atoms with Crippen molar-refractivity contribution in [2.45, 2.75) is 0 Å². The van der Waals surface area contributed by atoms with Gasteiger partial charge in [0.1, 0.15) is 11.2 Å². The van der Waals surface area contributed by atoms with Crippen molar-refractivity contribution in [3.8, 4) is 27.9 Å². The summed E-state index contributed by atoms with van der Waals surface area (Å²) in [4.78, 5) is 0. The van der Waals surface area contributed by atoms with Gasteiger partial charge in [0.25, 0.3) is 0 Å². The highest BCUT2D eigenvalue weighted by Crippen LogP contribution is 2.70. The van der Waals surface area contributed by atoms with Gasteiger partial charge in [-0.25, -0.2) is 0 Å². The van der Waals surface area contributed by atoms with Crippen molar-refractivity contribution in [3.63, 3.8) is 0 Å². The number of hydrogen-bond acceptors (Lipinski definition) is 2. The average molecular weight is 790 g/mol. The zero-order chi connectivity index (χ0) is 39.8. The highest BCUT2D eigenvalue weighted by atomic mass is 31.2. The zero-order valence-electron chi connectivity index (χ0n) is 32.4. The molecule has 5 nitrogen and oxygen atoms in total. The second-order valence-electron chi connectivity index (χ2n) is 15.3. The number of para-hydroxylation sites is 4. The van der Waals surface area contributed by atoms with E-state index in [9.17, 15) is 0 Å². The molecule has 11 aromatic rings. The second kappa shape index (κ2) is 13.5. The van der Waals surface area contributed by atoms with Crippen LogP contribution in [0.2, 0.25) is 0 Å². The summed E-state index contributed by atoms with van der Waals surface area (Å²) in [7, 11) is -3.63. The molecule has 0 saturated carbocycles. The highest BCUT2D eigenvalue weighted by Gasteiger charge is 2.49. The summed E-state index contributed by atoms with van der Waals surface area (Å²) in [5.74, 6) is 0. The van der Waals surface area contributed by atoms with Crippen LogP contribution < -0.4 is 14.6 Å². The van der Waals surface area contributed by atoms with Crippen molar-refractivity contribution in [2.75, 3.05) is 9.34 Å². The minimum Gasteiger partial charge on any atom is -0.456 e. The van der Waals surface area contributed by atoms with Crippen molar-refractivity contribution in [2.24, 2.45) is 0 Å². The van der Waals surface area contributed by atoms with E-state index in [1.807, 2.05) is 66.7 Å². The lowest BCUT2D eigenvalue weighted by Gasteiger charge is -2.33. The Morgan fingerprint density at radius 2 is 0.883 bits per heavy atom. The lowest BCUT2D eigenvalue weighted by Crippen LogP contribution is -2.26. The van der Waals surface area contributed by atoms with E-state index in [0.29, 0.717) is 0 Å². The fourth-order valence-corrected chi connectivity index (χ4v) is 12.1. The summed E-state index contributed by atoms with van der Waals surface area (Å²) in [5.41, 5.74) is 12.9. The summed E-state index contributed by atoms with van der Waals surface area (Å²) in [5, 5.41) is 5.27. The van der Waals surface area contributed by atoms with E-state index in [0.717, 1.165) is 77.8 Å². The van der Waals surface area contributed by atoms with Crippen LogP contribution in [0.1, 0.15) is 0 Å². The van der Waals surface area contributed by atoms with Gasteiger partial charge in [-0.05, 0) is 119 Å². The minimum absolute atomic E-state index is 0.732. The standard InChI is InChI=1S/C54H36N3O2P/c58-60(44-29-27-41(28-30-44)55-49-22-12-10-20-45(49)47-34-38(24-31-50(47)55)37-14-4-1-5-15-37)56(42-16-6-2-7-17-42)51-32-25-40(36-52(51)57(60)43-18-8-3-9-19-43)39-26-33-54-48(35-39)46-21-11-13-23-53(46)59-54/h1-36H. The molecule has 1 atom stereocenters.